The standard InChI is InChI=1S/C21H17N3O2/c1-14-8-10-15(11-9-14)21(25)24-19(13-16-5-4-12-26-16)20-22-17-6-2-3-7-18(17)23-20/h2-13H,1H3,(H,22,23)(H,24,25)/b19-13-. The lowest BCUT2D eigenvalue weighted by Crippen LogP contribution is -2.22. The second-order valence-corrected chi connectivity index (χ2v) is 6.00. The molecule has 2 aromatic heterocycles. The van der Waals surface area contributed by atoms with Crippen LogP contribution in [-0.2, 0) is 0 Å². The van der Waals surface area contributed by atoms with Crippen molar-refractivity contribution in [3.05, 3.63) is 89.6 Å². The van der Waals surface area contributed by atoms with Crippen molar-refractivity contribution in [3.8, 4) is 0 Å². The fourth-order valence-electron chi connectivity index (χ4n) is 2.66. The Morgan fingerprint density at radius 2 is 1.88 bits per heavy atom. The van der Waals surface area contributed by atoms with Crippen molar-refractivity contribution in [2.75, 3.05) is 0 Å². The van der Waals surface area contributed by atoms with Crippen LogP contribution in [0.1, 0.15) is 27.5 Å². The van der Waals surface area contributed by atoms with E-state index in [-0.39, 0.29) is 5.91 Å². The highest BCUT2D eigenvalue weighted by Gasteiger charge is 2.13. The molecule has 0 spiro atoms. The van der Waals surface area contributed by atoms with Crippen LogP contribution in [0.2, 0.25) is 0 Å². The summed E-state index contributed by atoms with van der Waals surface area (Å²) in [5.41, 5.74) is 3.96. The van der Waals surface area contributed by atoms with Crippen LogP contribution in [-0.4, -0.2) is 15.9 Å². The Labute approximate surface area is 150 Å². The molecule has 0 bridgehead atoms. The third kappa shape index (κ3) is 3.28. The Kier molecular flexibility index (Phi) is 4.11. The third-order valence-electron chi connectivity index (χ3n) is 4.04. The number of hydrogen-bond acceptors (Lipinski definition) is 3. The summed E-state index contributed by atoms with van der Waals surface area (Å²) in [5.74, 6) is 0.996. The molecule has 1 amide bonds. The number of amides is 1. The average molecular weight is 343 g/mol. The number of benzene rings is 2. The number of aromatic nitrogens is 2. The molecule has 0 aliphatic carbocycles. The van der Waals surface area contributed by atoms with Gasteiger partial charge in [0.05, 0.1) is 23.0 Å². The van der Waals surface area contributed by atoms with Crippen molar-refractivity contribution in [1.29, 1.82) is 0 Å². The summed E-state index contributed by atoms with van der Waals surface area (Å²) in [4.78, 5) is 20.5. The fraction of sp³-hybridized carbons (Fsp3) is 0.0476. The number of imidazole rings is 1. The number of carbonyl (C=O) groups excluding carboxylic acids is 1. The summed E-state index contributed by atoms with van der Waals surface area (Å²) >= 11 is 0. The number of para-hydroxylation sites is 2. The van der Waals surface area contributed by atoms with Gasteiger partial charge in [0.1, 0.15) is 5.76 Å². The number of H-pyrrole nitrogens is 1. The molecular formula is C21H17N3O2. The van der Waals surface area contributed by atoms with E-state index in [1.807, 2.05) is 49.4 Å². The number of nitrogens with one attached hydrogen (secondary N) is 2. The van der Waals surface area contributed by atoms with Gasteiger partial charge in [-0.3, -0.25) is 4.79 Å². The Balaban J connectivity index is 1.71. The maximum absolute atomic E-state index is 12.7. The highest BCUT2D eigenvalue weighted by molar-refractivity contribution is 6.01. The lowest BCUT2D eigenvalue weighted by Gasteiger charge is -2.08. The molecular weight excluding hydrogens is 326 g/mol. The van der Waals surface area contributed by atoms with Crippen molar-refractivity contribution in [2.45, 2.75) is 6.92 Å². The molecule has 0 saturated heterocycles. The smallest absolute Gasteiger partial charge is 0.255 e. The Hall–Kier alpha value is -3.60. The van der Waals surface area contributed by atoms with Crippen LogP contribution >= 0.6 is 0 Å². The predicted octanol–water partition coefficient (Wildman–Crippen LogP) is 4.39. The minimum atomic E-state index is -0.205. The number of aryl methyl sites for hydroxylation is 1. The van der Waals surface area contributed by atoms with Gasteiger partial charge in [0.25, 0.3) is 5.91 Å². The minimum absolute atomic E-state index is 0.205. The molecule has 5 nitrogen and oxygen atoms in total. The number of carbonyl (C=O) groups is 1. The van der Waals surface area contributed by atoms with Crippen LogP contribution in [0.5, 0.6) is 0 Å². The Morgan fingerprint density at radius 3 is 2.62 bits per heavy atom. The normalized spacial score (nSPS) is 11.7. The summed E-state index contributed by atoms with van der Waals surface area (Å²) in [6.45, 7) is 1.98. The molecule has 0 radical (unpaired) electrons. The zero-order chi connectivity index (χ0) is 17.9. The van der Waals surface area contributed by atoms with Crippen molar-refractivity contribution in [3.63, 3.8) is 0 Å². The van der Waals surface area contributed by atoms with E-state index in [4.69, 9.17) is 4.42 Å². The van der Waals surface area contributed by atoms with E-state index in [0.717, 1.165) is 16.6 Å². The first-order valence-electron chi connectivity index (χ1n) is 8.27. The predicted molar refractivity (Wildman–Crippen MR) is 101 cm³/mol. The van der Waals surface area contributed by atoms with Crippen LogP contribution < -0.4 is 5.32 Å². The van der Waals surface area contributed by atoms with Gasteiger partial charge in [-0.05, 0) is 43.3 Å². The first-order chi connectivity index (χ1) is 12.7. The van der Waals surface area contributed by atoms with Gasteiger partial charge in [-0.1, -0.05) is 29.8 Å². The van der Waals surface area contributed by atoms with E-state index in [1.54, 1.807) is 30.5 Å². The quantitative estimate of drug-likeness (QED) is 0.577. The van der Waals surface area contributed by atoms with E-state index in [2.05, 4.69) is 15.3 Å². The Morgan fingerprint density at radius 1 is 1.08 bits per heavy atom. The van der Waals surface area contributed by atoms with Crippen LogP contribution in [0.4, 0.5) is 0 Å². The van der Waals surface area contributed by atoms with Gasteiger partial charge in [-0.25, -0.2) is 4.98 Å². The SMILES string of the molecule is Cc1ccc(C(=O)N/C(=C\c2ccco2)c2nc3ccccc3[nH]2)cc1. The summed E-state index contributed by atoms with van der Waals surface area (Å²) < 4.78 is 5.39. The van der Waals surface area contributed by atoms with Gasteiger partial charge in [0.15, 0.2) is 5.82 Å². The molecule has 0 fully saturated rings. The molecule has 4 rings (SSSR count). The third-order valence-corrected chi connectivity index (χ3v) is 4.04. The van der Waals surface area contributed by atoms with Crippen LogP contribution in [0.3, 0.4) is 0 Å². The maximum atomic E-state index is 12.7. The first-order valence-corrected chi connectivity index (χ1v) is 8.27. The number of hydrogen-bond donors (Lipinski definition) is 2. The van der Waals surface area contributed by atoms with E-state index < -0.39 is 0 Å². The van der Waals surface area contributed by atoms with E-state index >= 15 is 0 Å². The Bertz CT molecular complexity index is 1040. The highest BCUT2D eigenvalue weighted by atomic mass is 16.3. The van der Waals surface area contributed by atoms with E-state index in [0.29, 0.717) is 22.8 Å². The molecule has 128 valence electrons. The number of aromatic amines is 1. The number of nitrogens with zero attached hydrogens (tertiary/aromatic N) is 1. The maximum Gasteiger partial charge on any atom is 0.255 e. The van der Waals surface area contributed by atoms with Gasteiger partial charge >= 0.3 is 0 Å². The lowest BCUT2D eigenvalue weighted by atomic mass is 10.1. The minimum Gasteiger partial charge on any atom is -0.465 e. The van der Waals surface area contributed by atoms with E-state index in [9.17, 15) is 4.79 Å². The van der Waals surface area contributed by atoms with Crippen molar-refractivity contribution in [1.82, 2.24) is 15.3 Å². The zero-order valence-corrected chi connectivity index (χ0v) is 14.2. The molecule has 4 aromatic rings. The monoisotopic (exact) mass is 343 g/mol. The fourth-order valence-corrected chi connectivity index (χ4v) is 2.66. The summed E-state index contributed by atoms with van der Waals surface area (Å²) in [6.07, 6.45) is 3.34. The van der Waals surface area contributed by atoms with E-state index in [1.165, 1.54) is 0 Å². The molecule has 2 aromatic carbocycles. The van der Waals surface area contributed by atoms with Crippen molar-refractivity contribution in [2.24, 2.45) is 0 Å². The summed E-state index contributed by atoms with van der Waals surface area (Å²) in [5, 5.41) is 2.94. The zero-order valence-electron chi connectivity index (χ0n) is 14.2. The van der Waals surface area contributed by atoms with Crippen LogP contribution in [0.25, 0.3) is 22.8 Å². The largest absolute Gasteiger partial charge is 0.465 e. The summed E-state index contributed by atoms with van der Waals surface area (Å²) in [6, 6.07) is 18.8. The molecule has 26 heavy (non-hydrogen) atoms. The second kappa shape index (κ2) is 6.72. The van der Waals surface area contributed by atoms with Gasteiger partial charge in [0.2, 0.25) is 0 Å². The molecule has 5 heteroatoms. The topological polar surface area (TPSA) is 70.9 Å². The van der Waals surface area contributed by atoms with Crippen molar-refractivity contribution >= 4 is 28.7 Å². The molecule has 2 N–H and O–H groups in total. The van der Waals surface area contributed by atoms with Crippen LogP contribution in [0, 0.1) is 6.92 Å². The van der Waals surface area contributed by atoms with Gasteiger partial charge in [-0.2, -0.15) is 0 Å². The molecule has 2 heterocycles. The van der Waals surface area contributed by atoms with Gasteiger partial charge in [0, 0.05) is 11.6 Å². The first kappa shape index (κ1) is 15.9. The number of rotatable bonds is 4. The lowest BCUT2D eigenvalue weighted by molar-refractivity contribution is 0.0973. The van der Waals surface area contributed by atoms with Gasteiger partial charge < -0.3 is 14.7 Å². The van der Waals surface area contributed by atoms with Gasteiger partial charge in [-0.15, -0.1) is 0 Å². The molecule has 0 saturated carbocycles. The highest BCUT2D eigenvalue weighted by Crippen LogP contribution is 2.19. The summed E-state index contributed by atoms with van der Waals surface area (Å²) in [7, 11) is 0. The number of fused-ring (bicyclic) bond motifs is 1. The van der Waals surface area contributed by atoms with Crippen molar-refractivity contribution < 1.29 is 9.21 Å². The molecule has 0 aliphatic heterocycles. The number of furan rings is 1. The van der Waals surface area contributed by atoms with Crippen LogP contribution in [0.15, 0.2) is 71.3 Å². The average Bonchev–Trinajstić information content (AvgIpc) is 3.31. The molecule has 0 aliphatic rings. The molecule has 0 atom stereocenters. The molecule has 0 unspecified atom stereocenters. The second-order valence-electron chi connectivity index (χ2n) is 6.00.